The number of imide groups is 2. The van der Waals surface area contributed by atoms with E-state index in [0.29, 0.717) is 38.7 Å². The number of carbonyl (C=O) groups excluding carboxylic acids is 4. The van der Waals surface area contributed by atoms with Crippen LogP contribution in [0.5, 0.6) is 5.75 Å². The normalized spacial score (nSPS) is 14.1. The molecular weight excluding hydrogens is 711 g/mol. The Balaban J connectivity index is 1.10. The third-order valence-corrected chi connectivity index (χ3v) is 12.1. The lowest BCUT2D eigenvalue weighted by Crippen LogP contribution is -2.47. The molecule has 4 amide bonds. The summed E-state index contributed by atoms with van der Waals surface area (Å²) in [5, 5.41) is 19.4. The zero-order chi connectivity index (χ0) is 39.4. The molecule has 0 bridgehead atoms. The molecule has 0 saturated carbocycles. The van der Waals surface area contributed by atoms with Crippen LogP contribution < -0.4 is 10.2 Å². The van der Waals surface area contributed by atoms with Gasteiger partial charge < -0.3 is 10.4 Å². The van der Waals surface area contributed by atoms with Crippen LogP contribution in [0.1, 0.15) is 119 Å². The third kappa shape index (κ3) is 5.97. The third-order valence-electron chi connectivity index (χ3n) is 12.1. The molecule has 7 aromatic rings. The molecule has 0 saturated heterocycles. The maximum atomic E-state index is 14.5. The van der Waals surface area contributed by atoms with E-state index in [0.717, 1.165) is 108 Å². The van der Waals surface area contributed by atoms with Gasteiger partial charge in [-0.15, -0.1) is 0 Å². The lowest BCUT2D eigenvalue weighted by molar-refractivity contribution is 0.0516. The molecule has 2 N–H and O–H groups in total. The Kier molecular flexibility index (Phi) is 9.35. The Morgan fingerprint density at radius 1 is 0.474 bits per heavy atom. The van der Waals surface area contributed by atoms with Gasteiger partial charge in [0.25, 0.3) is 23.6 Å². The van der Waals surface area contributed by atoms with Gasteiger partial charge in [0.1, 0.15) is 5.75 Å². The van der Waals surface area contributed by atoms with Crippen molar-refractivity contribution in [1.29, 1.82) is 0 Å². The van der Waals surface area contributed by atoms with E-state index in [9.17, 15) is 24.3 Å². The molecule has 0 fully saturated rings. The van der Waals surface area contributed by atoms with Crippen LogP contribution in [0.4, 0.5) is 17.1 Å². The molecule has 0 aromatic heterocycles. The first kappa shape index (κ1) is 36.4. The Labute approximate surface area is 331 Å². The molecule has 7 aromatic carbocycles. The number of aromatic hydroxyl groups is 1. The number of carbonyl (C=O) groups is 4. The number of fused-ring (bicyclic) bond motifs is 2. The second-order valence-corrected chi connectivity index (χ2v) is 15.6. The first-order valence-corrected chi connectivity index (χ1v) is 20.4. The molecule has 8 heteroatoms. The number of nitrogens with one attached hydrogen (secondary N) is 1. The molecule has 0 unspecified atom stereocenters. The van der Waals surface area contributed by atoms with Gasteiger partial charge in [-0.2, -0.15) is 0 Å². The minimum absolute atomic E-state index is 0.138. The maximum absolute atomic E-state index is 14.5. The Bertz CT molecular complexity index is 2600. The molecule has 0 atom stereocenters. The smallest absolute Gasteiger partial charge is 0.265 e. The average Bonchev–Trinajstić information content (AvgIpc) is 3.22. The van der Waals surface area contributed by atoms with Crippen LogP contribution in [-0.2, 0) is 0 Å². The van der Waals surface area contributed by atoms with E-state index in [1.54, 1.807) is 53.4 Å². The minimum atomic E-state index is -0.401. The molecule has 8 nitrogen and oxygen atoms in total. The number of rotatable bonds is 14. The van der Waals surface area contributed by atoms with E-state index in [2.05, 4.69) is 19.2 Å². The molecule has 2 aliphatic heterocycles. The Morgan fingerprint density at radius 3 is 1.30 bits per heavy atom. The number of anilines is 3. The fraction of sp³-hybridized carbons (Fsp3) is 0.265. The number of phenols is 1. The van der Waals surface area contributed by atoms with Crippen LogP contribution in [0, 0.1) is 0 Å². The van der Waals surface area contributed by atoms with Gasteiger partial charge in [0.2, 0.25) is 0 Å². The molecule has 2 heterocycles. The van der Waals surface area contributed by atoms with Crippen molar-refractivity contribution in [3.8, 4) is 5.75 Å². The summed E-state index contributed by atoms with van der Waals surface area (Å²) in [5.74, 6) is -1.07. The molecule has 57 heavy (non-hydrogen) atoms. The first-order valence-electron chi connectivity index (χ1n) is 20.4. The Morgan fingerprint density at radius 2 is 0.877 bits per heavy atom. The minimum Gasteiger partial charge on any atom is -0.508 e. The molecule has 0 spiro atoms. The van der Waals surface area contributed by atoms with Gasteiger partial charge in [-0.1, -0.05) is 89.5 Å². The summed E-state index contributed by atoms with van der Waals surface area (Å²) in [6.07, 6.45) is 10.3. The summed E-state index contributed by atoms with van der Waals surface area (Å²) in [4.78, 5) is 60.3. The summed E-state index contributed by atoms with van der Waals surface area (Å²) in [6, 6.07) is 28.9. The van der Waals surface area contributed by atoms with E-state index >= 15 is 0 Å². The highest BCUT2D eigenvalue weighted by molar-refractivity contribution is 6.43. The summed E-state index contributed by atoms with van der Waals surface area (Å²) < 4.78 is 0. The topological polar surface area (TPSA) is 107 Å². The fourth-order valence-corrected chi connectivity index (χ4v) is 9.27. The SMILES string of the molecule is CCCCCCC(CCCCCC)N1C(=O)c2ccc3c4ccc5c6c(ccc(c7ccc(c2c37)C1=O)c64)C(=O)N(c1ccc(Nc2ccc(O)cc2)cc1)C5=O. The molecule has 9 rings (SSSR count). The largest absolute Gasteiger partial charge is 0.508 e. The number of hydrogen-bond donors (Lipinski definition) is 2. The highest BCUT2D eigenvalue weighted by Gasteiger charge is 2.39. The van der Waals surface area contributed by atoms with Gasteiger partial charge in [0, 0.05) is 50.4 Å². The second kappa shape index (κ2) is 14.7. The standard InChI is InChI=1S/C49H45N3O5/c1-3-5-7-9-11-31(12-10-8-6-4-2)51-46(54)38-25-21-34-36-23-27-40-45-41(28-24-37(43(36)45)35-22-26-39(47(51)55)44(38)42(34)35)49(57)52(48(40)56)32-17-13-29(14-18-32)50-30-15-19-33(53)20-16-30/h13-28,31,50,53H,3-12H2,1-2H3. The highest BCUT2D eigenvalue weighted by atomic mass is 16.3. The predicted octanol–water partition coefficient (Wildman–Crippen LogP) is 11.9. The summed E-state index contributed by atoms with van der Waals surface area (Å²) in [7, 11) is 0. The molecule has 2 aliphatic rings. The van der Waals surface area contributed by atoms with Gasteiger partial charge in [-0.05, 0) is 118 Å². The summed E-state index contributed by atoms with van der Waals surface area (Å²) in [5.41, 5.74) is 3.99. The molecule has 0 aliphatic carbocycles. The van der Waals surface area contributed by atoms with Crippen molar-refractivity contribution in [3.05, 3.63) is 119 Å². The number of phenolic OH excluding ortho intramolecular Hbond substituents is 1. The monoisotopic (exact) mass is 755 g/mol. The van der Waals surface area contributed by atoms with Crippen LogP contribution in [0.2, 0.25) is 0 Å². The van der Waals surface area contributed by atoms with Gasteiger partial charge in [-0.3, -0.25) is 24.1 Å². The van der Waals surface area contributed by atoms with Crippen LogP contribution in [-0.4, -0.2) is 39.7 Å². The Hall–Kier alpha value is -6.28. The molecule has 0 radical (unpaired) electrons. The maximum Gasteiger partial charge on any atom is 0.265 e. The van der Waals surface area contributed by atoms with Crippen molar-refractivity contribution >= 4 is 83.8 Å². The number of benzene rings is 7. The van der Waals surface area contributed by atoms with Gasteiger partial charge >= 0.3 is 0 Å². The van der Waals surface area contributed by atoms with E-state index in [4.69, 9.17) is 0 Å². The van der Waals surface area contributed by atoms with E-state index < -0.39 is 11.8 Å². The van der Waals surface area contributed by atoms with Crippen molar-refractivity contribution in [2.75, 3.05) is 10.2 Å². The molecular formula is C49H45N3O5. The molecule has 286 valence electrons. The quantitative estimate of drug-likeness (QED) is 0.0376. The van der Waals surface area contributed by atoms with E-state index in [1.165, 1.54) is 4.90 Å². The second-order valence-electron chi connectivity index (χ2n) is 15.6. The summed E-state index contributed by atoms with van der Waals surface area (Å²) in [6.45, 7) is 4.38. The van der Waals surface area contributed by atoms with Crippen molar-refractivity contribution in [1.82, 2.24) is 4.90 Å². The van der Waals surface area contributed by atoms with Crippen molar-refractivity contribution < 1.29 is 24.3 Å². The predicted molar refractivity (Wildman–Crippen MR) is 228 cm³/mol. The lowest BCUT2D eigenvalue weighted by atomic mass is 9.82. The highest BCUT2D eigenvalue weighted by Crippen LogP contribution is 2.47. The van der Waals surface area contributed by atoms with Crippen molar-refractivity contribution in [2.45, 2.75) is 84.1 Å². The average molecular weight is 756 g/mol. The number of nitrogens with zero attached hydrogens (tertiary/aromatic N) is 2. The van der Waals surface area contributed by atoms with E-state index in [-0.39, 0.29) is 23.6 Å². The van der Waals surface area contributed by atoms with Gasteiger partial charge in [0.15, 0.2) is 0 Å². The van der Waals surface area contributed by atoms with Crippen LogP contribution in [0.25, 0.3) is 43.1 Å². The zero-order valence-corrected chi connectivity index (χ0v) is 32.4. The summed E-state index contributed by atoms with van der Waals surface area (Å²) >= 11 is 0. The van der Waals surface area contributed by atoms with E-state index in [1.807, 2.05) is 48.5 Å². The zero-order valence-electron chi connectivity index (χ0n) is 32.4. The van der Waals surface area contributed by atoms with Crippen LogP contribution in [0.15, 0.2) is 97.1 Å². The van der Waals surface area contributed by atoms with Gasteiger partial charge in [0.05, 0.1) is 5.69 Å². The van der Waals surface area contributed by atoms with Crippen molar-refractivity contribution in [3.63, 3.8) is 0 Å². The number of unbranched alkanes of at least 4 members (excludes halogenated alkanes) is 6. The van der Waals surface area contributed by atoms with Crippen LogP contribution in [0.3, 0.4) is 0 Å². The van der Waals surface area contributed by atoms with Crippen molar-refractivity contribution in [2.24, 2.45) is 0 Å². The van der Waals surface area contributed by atoms with Crippen LogP contribution >= 0.6 is 0 Å². The first-order chi connectivity index (χ1) is 27.8. The fourth-order valence-electron chi connectivity index (χ4n) is 9.27. The van der Waals surface area contributed by atoms with Gasteiger partial charge in [-0.25, -0.2) is 4.90 Å². The number of hydrogen-bond acceptors (Lipinski definition) is 6. The lowest BCUT2D eigenvalue weighted by Gasteiger charge is -2.35. The number of amides is 4.